The third-order valence-corrected chi connectivity index (χ3v) is 4.77. The summed E-state index contributed by atoms with van der Waals surface area (Å²) >= 11 is 0. The van der Waals surface area contributed by atoms with Crippen molar-refractivity contribution in [1.29, 1.82) is 0 Å². The number of hydrogen-bond acceptors (Lipinski definition) is 3. The van der Waals surface area contributed by atoms with E-state index in [0.717, 1.165) is 36.1 Å². The minimum absolute atomic E-state index is 0.608. The number of H-pyrrole nitrogens is 1. The van der Waals surface area contributed by atoms with E-state index in [1.54, 1.807) is 7.05 Å². The van der Waals surface area contributed by atoms with Crippen molar-refractivity contribution < 1.29 is 0 Å². The number of likely N-dealkylation sites (tertiary alicyclic amines) is 1. The van der Waals surface area contributed by atoms with Crippen LogP contribution in [0, 0.1) is 0 Å². The molecule has 1 saturated heterocycles. The standard InChI is InChI=1S/C19H28N6/c1-3-25-11-7-10-16(25)12-22-19(20-2)23-14-18-21-13-17(24-18)15-8-5-4-6-9-15/h4-6,8-9,13,16H,3,7,10-12,14H2,1-2H3,(H,21,24)(H2,20,22,23). The number of benzene rings is 1. The minimum atomic E-state index is 0.608. The van der Waals surface area contributed by atoms with Gasteiger partial charge in [-0.1, -0.05) is 37.3 Å². The van der Waals surface area contributed by atoms with Crippen LogP contribution in [0.2, 0.25) is 0 Å². The maximum absolute atomic E-state index is 4.45. The van der Waals surface area contributed by atoms with Crippen LogP contribution in [0.1, 0.15) is 25.6 Å². The van der Waals surface area contributed by atoms with Crippen LogP contribution in [0.5, 0.6) is 0 Å². The number of hydrogen-bond donors (Lipinski definition) is 3. The van der Waals surface area contributed by atoms with Crippen molar-refractivity contribution in [3.05, 3.63) is 42.4 Å². The molecule has 0 saturated carbocycles. The zero-order valence-corrected chi connectivity index (χ0v) is 15.1. The van der Waals surface area contributed by atoms with Gasteiger partial charge in [0, 0.05) is 19.6 Å². The summed E-state index contributed by atoms with van der Waals surface area (Å²) in [5.41, 5.74) is 2.18. The number of guanidine groups is 1. The molecule has 1 aromatic carbocycles. The molecule has 1 aromatic heterocycles. The molecule has 25 heavy (non-hydrogen) atoms. The van der Waals surface area contributed by atoms with Crippen molar-refractivity contribution in [2.24, 2.45) is 4.99 Å². The Morgan fingerprint density at radius 2 is 2.16 bits per heavy atom. The van der Waals surface area contributed by atoms with Crippen LogP contribution in [-0.4, -0.2) is 53.6 Å². The summed E-state index contributed by atoms with van der Waals surface area (Å²) < 4.78 is 0. The topological polar surface area (TPSA) is 68.3 Å². The Kier molecular flexibility index (Phi) is 6.06. The molecule has 1 fully saturated rings. The fraction of sp³-hybridized carbons (Fsp3) is 0.474. The number of imidazole rings is 1. The molecule has 0 amide bonds. The first kappa shape index (κ1) is 17.5. The molecule has 1 unspecified atom stereocenters. The number of aromatic amines is 1. The highest BCUT2D eigenvalue weighted by Gasteiger charge is 2.22. The second-order valence-corrected chi connectivity index (χ2v) is 6.34. The molecule has 0 aliphatic carbocycles. The van der Waals surface area contributed by atoms with Gasteiger partial charge in [0.1, 0.15) is 5.82 Å². The summed E-state index contributed by atoms with van der Waals surface area (Å²) in [4.78, 5) is 14.7. The van der Waals surface area contributed by atoms with Crippen LogP contribution in [0.3, 0.4) is 0 Å². The lowest BCUT2D eigenvalue weighted by Crippen LogP contribution is -2.44. The molecule has 134 valence electrons. The Bertz CT molecular complexity index is 678. The van der Waals surface area contributed by atoms with Crippen LogP contribution in [-0.2, 0) is 6.54 Å². The highest BCUT2D eigenvalue weighted by molar-refractivity contribution is 5.79. The zero-order chi connectivity index (χ0) is 17.5. The second-order valence-electron chi connectivity index (χ2n) is 6.34. The molecule has 3 N–H and O–H groups in total. The molecule has 1 atom stereocenters. The van der Waals surface area contributed by atoms with Crippen molar-refractivity contribution in [1.82, 2.24) is 25.5 Å². The number of rotatable bonds is 6. The van der Waals surface area contributed by atoms with E-state index in [9.17, 15) is 0 Å². The Labute approximate surface area is 149 Å². The third-order valence-electron chi connectivity index (χ3n) is 4.77. The van der Waals surface area contributed by atoms with E-state index in [1.165, 1.54) is 19.4 Å². The van der Waals surface area contributed by atoms with Crippen LogP contribution in [0.15, 0.2) is 41.5 Å². The Hall–Kier alpha value is -2.34. The first-order valence-electron chi connectivity index (χ1n) is 9.08. The van der Waals surface area contributed by atoms with Crippen LogP contribution < -0.4 is 10.6 Å². The average molecular weight is 340 g/mol. The van der Waals surface area contributed by atoms with E-state index in [4.69, 9.17) is 0 Å². The lowest BCUT2D eigenvalue weighted by Gasteiger charge is -2.23. The lowest BCUT2D eigenvalue weighted by atomic mass is 10.2. The molecule has 0 radical (unpaired) electrons. The maximum atomic E-state index is 4.45. The van der Waals surface area contributed by atoms with Crippen LogP contribution >= 0.6 is 0 Å². The average Bonchev–Trinajstić information content (AvgIpc) is 3.31. The van der Waals surface area contributed by atoms with Gasteiger partial charge in [0.05, 0.1) is 18.4 Å². The van der Waals surface area contributed by atoms with Gasteiger partial charge in [-0.25, -0.2) is 4.98 Å². The Morgan fingerprint density at radius 3 is 2.92 bits per heavy atom. The van der Waals surface area contributed by atoms with E-state index in [2.05, 4.69) is 49.6 Å². The summed E-state index contributed by atoms with van der Waals surface area (Å²) in [5.74, 6) is 1.72. The highest BCUT2D eigenvalue weighted by Crippen LogP contribution is 2.16. The molecular weight excluding hydrogens is 312 g/mol. The van der Waals surface area contributed by atoms with E-state index in [-0.39, 0.29) is 0 Å². The fourth-order valence-electron chi connectivity index (χ4n) is 3.36. The van der Waals surface area contributed by atoms with E-state index >= 15 is 0 Å². The monoisotopic (exact) mass is 340 g/mol. The predicted molar refractivity (Wildman–Crippen MR) is 102 cm³/mol. The van der Waals surface area contributed by atoms with Gasteiger partial charge in [0.15, 0.2) is 5.96 Å². The van der Waals surface area contributed by atoms with Gasteiger partial charge in [0.2, 0.25) is 0 Å². The minimum Gasteiger partial charge on any atom is -0.355 e. The van der Waals surface area contributed by atoms with Gasteiger partial charge in [-0.15, -0.1) is 0 Å². The van der Waals surface area contributed by atoms with Gasteiger partial charge >= 0.3 is 0 Å². The van der Waals surface area contributed by atoms with Gasteiger partial charge in [-0.2, -0.15) is 0 Å². The Balaban J connectivity index is 1.49. The molecule has 0 spiro atoms. The molecule has 6 nitrogen and oxygen atoms in total. The molecule has 1 aliphatic rings. The quantitative estimate of drug-likeness (QED) is 0.557. The summed E-state index contributed by atoms with van der Waals surface area (Å²) in [5, 5.41) is 6.77. The predicted octanol–water partition coefficient (Wildman–Crippen LogP) is 2.23. The number of likely N-dealkylation sites (N-methyl/N-ethyl adjacent to an activating group) is 1. The number of aromatic nitrogens is 2. The molecule has 6 heteroatoms. The molecular formula is C19H28N6. The third kappa shape index (κ3) is 4.60. The normalized spacial score (nSPS) is 18.5. The smallest absolute Gasteiger partial charge is 0.191 e. The number of nitrogens with one attached hydrogen (secondary N) is 3. The van der Waals surface area contributed by atoms with Crippen LogP contribution in [0.25, 0.3) is 11.3 Å². The molecule has 0 bridgehead atoms. The van der Waals surface area contributed by atoms with E-state index in [1.807, 2.05) is 24.4 Å². The SMILES string of the molecule is CCN1CCCC1CNC(=NC)NCc1ncc(-c2ccccc2)[nH]1. The highest BCUT2D eigenvalue weighted by atomic mass is 15.2. The summed E-state index contributed by atoms with van der Waals surface area (Å²) in [6.45, 7) is 6.11. The van der Waals surface area contributed by atoms with E-state index in [0.29, 0.717) is 12.6 Å². The van der Waals surface area contributed by atoms with Crippen molar-refractivity contribution in [3.8, 4) is 11.3 Å². The molecule has 2 aromatic rings. The van der Waals surface area contributed by atoms with Crippen LogP contribution in [0.4, 0.5) is 0 Å². The second kappa shape index (κ2) is 8.67. The van der Waals surface area contributed by atoms with Gasteiger partial charge in [-0.05, 0) is 31.5 Å². The largest absolute Gasteiger partial charge is 0.355 e. The lowest BCUT2D eigenvalue weighted by molar-refractivity contribution is 0.267. The Morgan fingerprint density at radius 1 is 1.32 bits per heavy atom. The van der Waals surface area contributed by atoms with Crippen molar-refractivity contribution in [2.45, 2.75) is 32.4 Å². The van der Waals surface area contributed by atoms with Gasteiger partial charge in [-0.3, -0.25) is 9.89 Å². The molecule has 1 aliphatic heterocycles. The van der Waals surface area contributed by atoms with E-state index < -0.39 is 0 Å². The summed E-state index contributed by atoms with van der Waals surface area (Å²) in [7, 11) is 1.80. The summed E-state index contributed by atoms with van der Waals surface area (Å²) in [6.07, 6.45) is 4.43. The first-order chi connectivity index (χ1) is 12.3. The summed E-state index contributed by atoms with van der Waals surface area (Å²) in [6, 6.07) is 10.8. The van der Waals surface area contributed by atoms with Gasteiger partial charge in [0.25, 0.3) is 0 Å². The molecule has 3 rings (SSSR count). The van der Waals surface area contributed by atoms with Crippen molar-refractivity contribution in [2.75, 3.05) is 26.7 Å². The van der Waals surface area contributed by atoms with Crippen molar-refractivity contribution >= 4 is 5.96 Å². The fourth-order valence-corrected chi connectivity index (χ4v) is 3.36. The van der Waals surface area contributed by atoms with Crippen molar-refractivity contribution in [3.63, 3.8) is 0 Å². The molecule has 2 heterocycles. The zero-order valence-electron chi connectivity index (χ0n) is 15.1. The van der Waals surface area contributed by atoms with Gasteiger partial charge < -0.3 is 15.6 Å². The number of nitrogens with zero attached hydrogens (tertiary/aromatic N) is 3. The first-order valence-corrected chi connectivity index (χ1v) is 9.08. The maximum Gasteiger partial charge on any atom is 0.191 e. The number of aliphatic imine (C=N–C) groups is 1.